The Morgan fingerprint density at radius 1 is 0.750 bits per heavy atom. The summed E-state index contributed by atoms with van der Waals surface area (Å²) in [7, 11) is 0. The lowest BCUT2D eigenvalue weighted by atomic mass is 9.98. The molecule has 0 aliphatic rings. The van der Waals surface area contributed by atoms with E-state index in [1.807, 2.05) is 26.0 Å². The average Bonchev–Trinajstić information content (AvgIpc) is 2.80. The number of carbonyl (C=O) groups excluding carboxylic acids is 2. The fraction of sp³-hybridized carbons (Fsp3) is 0.0769. The number of amides is 1. The lowest BCUT2D eigenvalue weighted by Crippen LogP contribution is -2.16. The summed E-state index contributed by atoms with van der Waals surface area (Å²) in [6.07, 6.45) is 0. The lowest BCUT2D eigenvalue weighted by Gasteiger charge is -2.11. The SMILES string of the molecule is Cc1cc(C)nc(Oc2ccc(NC(=O)c3ccccc3C(=O)c3ccccc3)cc2)n1. The molecule has 1 amide bonds. The standard InChI is InChI=1S/C26H21N3O3/c1-17-16-18(2)28-26(27-17)32-21-14-12-20(13-15-21)29-25(31)23-11-7-6-10-22(23)24(30)19-8-4-3-5-9-19/h3-16H,1-2H3,(H,29,31). The maximum atomic E-state index is 12.9. The quantitative estimate of drug-likeness (QED) is 0.422. The van der Waals surface area contributed by atoms with Gasteiger partial charge < -0.3 is 10.1 Å². The first-order valence-electron chi connectivity index (χ1n) is 10.1. The molecule has 1 N–H and O–H groups in total. The zero-order valence-electron chi connectivity index (χ0n) is 17.7. The number of benzene rings is 3. The van der Waals surface area contributed by atoms with Gasteiger partial charge in [0.25, 0.3) is 5.91 Å². The molecule has 1 heterocycles. The van der Waals surface area contributed by atoms with Crippen LogP contribution in [-0.2, 0) is 0 Å². The maximum Gasteiger partial charge on any atom is 0.322 e. The van der Waals surface area contributed by atoms with Crippen molar-refractivity contribution in [3.63, 3.8) is 0 Å². The highest BCUT2D eigenvalue weighted by atomic mass is 16.5. The smallest absolute Gasteiger partial charge is 0.322 e. The highest BCUT2D eigenvalue weighted by Gasteiger charge is 2.18. The van der Waals surface area contributed by atoms with Crippen LogP contribution in [0, 0.1) is 13.8 Å². The van der Waals surface area contributed by atoms with Crippen LogP contribution in [-0.4, -0.2) is 21.7 Å². The van der Waals surface area contributed by atoms with Gasteiger partial charge in [0.05, 0.1) is 5.56 Å². The van der Waals surface area contributed by atoms with Crippen LogP contribution >= 0.6 is 0 Å². The summed E-state index contributed by atoms with van der Waals surface area (Å²) in [5.74, 6) is -0.0163. The zero-order valence-corrected chi connectivity index (χ0v) is 17.7. The summed E-state index contributed by atoms with van der Waals surface area (Å²) in [4.78, 5) is 34.3. The molecule has 0 aliphatic heterocycles. The van der Waals surface area contributed by atoms with Gasteiger partial charge in [-0.25, -0.2) is 9.97 Å². The topological polar surface area (TPSA) is 81.2 Å². The van der Waals surface area contributed by atoms with Crippen molar-refractivity contribution in [3.05, 3.63) is 113 Å². The molecular formula is C26H21N3O3. The molecule has 0 saturated heterocycles. The van der Waals surface area contributed by atoms with E-state index >= 15 is 0 Å². The summed E-state index contributed by atoms with van der Waals surface area (Å²) < 4.78 is 5.70. The van der Waals surface area contributed by atoms with Crippen molar-refractivity contribution in [2.45, 2.75) is 13.8 Å². The van der Waals surface area contributed by atoms with Gasteiger partial charge in [-0.15, -0.1) is 0 Å². The van der Waals surface area contributed by atoms with E-state index in [4.69, 9.17) is 4.74 Å². The molecule has 158 valence electrons. The second-order valence-corrected chi connectivity index (χ2v) is 7.25. The minimum absolute atomic E-state index is 0.200. The number of nitrogens with one attached hydrogen (secondary N) is 1. The molecule has 0 radical (unpaired) electrons. The maximum absolute atomic E-state index is 12.9. The number of hydrogen-bond acceptors (Lipinski definition) is 5. The van der Waals surface area contributed by atoms with Crippen LogP contribution in [0.15, 0.2) is 84.9 Å². The first kappa shape index (κ1) is 20.9. The van der Waals surface area contributed by atoms with E-state index in [-0.39, 0.29) is 17.7 Å². The minimum atomic E-state index is -0.365. The van der Waals surface area contributed by atoms with Gasteiger partial charge in [-0.05, 0) is 50.2 Å². The Kier molecular flexibility index (Phi) is 6.03. The fourth-order valence-corrected chi connectivity index (χ4v) is 3.27. The molecule has 0 spiro atoms. The van der Waals surface area contributed by atoms with Crippen LogP contribution in [0.1, 0.15) is 37.7 Å². The second-order valence-electron chi connectivity index (χ2n) is 7.25. The molecule has 1 aromatic heterocycles. The molecule has 32 heavy (non-hydrogen) atoms. The zero-order chi connectivity index (χ0) is 22.5. The summed E-state index contributed by atoms with van der Waals surface area (Å²) in [6, 6.07) is 24.7. The molecule has 0 saturated carbocycles. The lowest BCUT2D eigenvalue weighted by molar-refractivity contribution is 0.0996. The van der Waals surface area contributed by atoms with Crippen molar-refractivity contribution >= 4 is 17.4 Å². The number of carbonyl (C=O) groups is 2. The Hall–Kier alpha value is -4.32. The molecule has 3 aromatic carbocycles. The summed E-state index contributed by atoms with van der Waals surface area (Å²) >= 11 is 0. The van der Waals surface area contributed by atoms with Crippen molar-refractivity contribution in [1.29, 1.82) is 0 Å². The third-order valence-electron chi connectivity index (χ3n) is 4.74. The number of aryl methyl sites for hydroxylation is 2. The van der Waals surface area contributed by atoms with E-state index in [0.717, 1.165) is 11.4 Å². The van der Waals surface area contributed by atoms with Gasteiger partial charge in [-0.1, -0.05) is 48.5 Å². The molecule has 0 aliphatic carbocycles. The number of hydrogen-bond donors (Lipinski definition) is 1. The highest BCUT2D eigenvalue weighted by Crippen LogP contribution is 2.22. The molecule has 6 nitrogen and oxygen atoms in total. The van der Waals surface area contributed by atoms with Crippen molar-refractivity contribution in [1.82, 2.24) is 9.97 Å². The van der Waals surface area contributed by atoms with Crippen molar-refractivity contribution < 1.29 is 14.3 Å². The Labute approximate surface area is 185 Å². The minimum Gasteiger partial charge on any atom is -0.424 e. The van der Waals surface area contributed by atoms with E-state index in [0.29, 0.717) is 28.1 Å². The van der Waals surface area contributed by atoms with Crippen LogP contribution in [0.5, 0.6) is 11.8 Å². The molecule has 0 atom stereocenters. The number of ether oxygens (including phenoxy) is 1. The van der Waals surface area contributed by atoms with E-state index in [1.54, 1.807) is 72.8 Å². The fourth-order valence-electron chi connectivity index (χ4n) is 3.27. The Balaban J connectivity index is 1.49. The molecule has 0 bridgehead atoms. The van der Waals surface area contributed by atoms with Gasteiger partial charge in [0.1, 0.15) is 5.75 Å². The summed E-state index contributed by atoms with van der Waals surface area (Å²) in [5, 5.41) is 2.84. The highest BCUT2D eigenvalue weighted by molar-refractivity contribution is 6.17. The molecule has 6 heteroatoms. The first-order valence-corrected chi connectivity index (χ1v) is 10.1. The van der Waals surface area contributed by atoms with Gasteiger partial charge in [0.2, 0.25) is 0 Å². The normalized spacial score (nSPS) is 10.4. The number of ketones is 1. The third kappa shape index (κ3) is 4.87. The monoisotopic (exact) mass is 423 g/mol. The number of nitrogens with zero attached hydrogens (tertiary/aromatic N) is 2. The van der Waals surface area contributed by atoms with Crippen molar-refractivity contribution in [3.8, 4) is 11.8 Å². The van der Waals surface area contributed by atoms with Gasteiger partial charge in [-0.2, -0.15) is 0 Å². The number of aromatic nitrogens is 2. The van der Waals surface area contributed by atoms with Gasteiger partial charge in [-0.3, -0.25) is 9.59 Å². The second kappa shape index (κ2) is 9.22. The predicted octanol–water partition coefficient (Wildman–Crippen LogP) is 5.37. The molecule has 0 unspecified atom stereocenters. The van der Waals surface area contributed by atoms with Crippen molar-refractivity contribution in [2.75, 3.05) is 5.32 Å². The molecule has 0 fully saturated rings. The van der Waals surface area contributed by atoms with Crippen molar-refractivity contribution in [2.24, 2.45) is 0 Å². The van der Waals surface area contributed by atoms with Crippen LogP contribution in [0.4, 0.5) is 5.69 Å². The van der Waals surface area contributed by atoms with Gasteiger partial charge >= 0.3 is 6.01 Å². The Bertz CT molecular complexity index is 1250. The Morgan fingerprint density at radius 2 is 1.34 bits per heavy atom. The average molecular weight is 423 g/mol. The van der Waals surface area contributed by atoms with E-state index in [2.05, 4.69) is 15.3 Å². The van der Waals surface area contributed by atoms with Crippen LogP contribution in [0.2, 0.25) is 0 Å². The largest absolute Gasteiger partial charge is 0.424 e. The van der Waals surface area contributed by atoms with E-state index in [9.17, 15) is 9.59 Å². The summed E-state index contributed by atoms with van der Waals surface area (Å²) in [6.45, 7) is 3.75. The van der Waals surface area contributed by atoms with E-state index < -0.39 is 0 Å². The Morgan fingerprint density at radius 3 is 2.00 bits per heavy atom. The first-order chi connectivity index (χ1) is 15.5. The predicted molar refractivity (Wildman–Crippen MR) is 122 cm³/mol. The van der Waals surface area contributed by atoms with E-state index in [1.165, 1.54) is 0 Å². The van der Waals surface area contributed by atoms with Gasteiger partial charge in [0, 0.05) is 28.2 Å². The van der Waals surface area contributed by atoms with Crippen LogP contribution < -0.4 is 10.1 Å². The third-order valence-corrected chi connectivity index (χ3v) is 4.74. The van der Waals surface area contributed by atoms with Crippen LogP contribution in [0.3, 0.4) is 0 Å². The summed E-state index contributed by atoms with van der Waals surface area (Å²) in [5.41, 5.74) is 3.40. The number of rotatable bonds is 6. The number of anilines is 1. The van der Waals surface area contributed by atoms with Crippen LogP contribution in [0.25, 0.3) is 0 Å². The molecule has 4 rings (SSSR count). The van der Waals surface area contributed by atoms with Gasteiger partial charge in [0.15, 0.2) is 5.78 Å². The molecular weight excluding hydrogens is 402 g/mol. The molecule has 4 aromatic rings.